The number of nitriles is 1. The van der Waals surface area contributed by atoms with Gasteiger partial charge in [0.05, 0.1) is 28.6 Å². The molecule has 2 aromatic carbocycles. The Morgan fingerprint density at radius 1 is 1.09 bits per heavy atom. The van der Waals surface area contributed by atoms with Crippen molar-refractivity contribution in [3.63, 3.8) is 0 Å². The minimum Gasteiger partial charge on any atom is -0.334 e. The first-order valence-electron chi connectivity index (χ1n) is 10.1. The van der Waals surface area contributed by atoms with Crippen molar-refractivity contribution in [3.8, 4) is 27.2 Å². The van der Waals surface area contributed by atoms with Crippen molar-refractivity contribution in [2.75, 3.05) is 6.54 Å². The quantitative estimate of drug-likeness (QED) is 0.299. The van der Waals surface area contributed by atoms with E-state index in [1.165, 1.54) is 0 Å². The van der Waals surface area contributed by atoms with Crippen molar-refractivity contribution >= 4 is 28.6 Å². The van der Waals surface area contributed by atoms with Gasteiger partial charge in [0.1, 0.15) is 5.01 Å². The van der Waals surface area contributed by atoms with Crippen LogP contribution in [0.15, 0.2) is 84.8 Å². The van der Waals surface area contributed by atoms with Gasteiger partial charge in [-0.05, 0) is 29.1 Å². The maximum atomic E-state index is 13.3. The zero-order valence-electron chi connectivity index (χ0n) is 17.4. The van der Waals surface area contributed by atoms with Gasteiger partial charge in [-0.2, -0.15) is 5.26 Å². The van der Waals surface area contributed by atoms with Crippen LogP contribution in [0.2, 0.25) is 0 Å². The molecule has 0 bridgehead atoms. The van der Waals surface area contributed by atoms with Crippen LogP contribution in [0.3, 0.4) is 0 Å². The molecule has 4 aromatic rings. The van der Waals surface area contributed by atoms with Crippen LogP contribution in [0.25, 0.3) is 21.1 Å². The number of aromatic nitrogens is 1. The van der Waals surface area contributed by atoms with Crippen LogP contribution in [0.4, 0.5) is 0 Å². The van der Waals surface area contributed by atoms with E-state index in [-0.39, 0.29) is 12.3 Å². The minimum absolute atomic E-state index is 0.0235. The number of thiazole rings is 1. The van der Waals surface area contributed by atoms with Crippen molar-refractivity contribution in [2.45, 2.75) is 13.0 Å². The molecule has 1 amide bonds. The Balaban J connectivity index is 1.60. The largest absolute Gasteiger partial charge is 0.334 e. The van der Waals surface area contributed by atoms with E-state index in [0.717, 1.165) is 31.6 Å². The second kappa shape index (κ2) is 10.2. The van der Waals surface area contributed by atoms with Gasteiger partial charge in [0, 0.05) is 23.5 Å². The van der Waals surface area contributed by atoms with Crippen LogP contribution in [0.1, 0.15) is 16.0 Å². The van der Waals surface area contributed by atoms with E-state index in [9.17, 15) is 4.79 Å². The number of hydrogen-bond donors (Lipinski definition) is 0. The second-order valence-electron chi connectivity index (χ2n) is 7.18. The third kappa shape index (κ3) is 5.02. The standard InChI is InChI=1S/C26H21N3OS2/c1-2-14-29(18-20-12-10-19(17-27)11-13-20)24(30)16-23-25(22-9-6-15-31-22)28-26(32-23)21-7-4-3-5-8-21/h2-13,15H,1,14,16,18H2. The minimum atomic E-state index is 0.0235. The van der Waals surface area contributed by atoms with Crippen molar-refractivity contribution in [1.29, 1.82) is 5.26 Å². The molecule has 0 atom stereocenters. The summed E-state index contributed by atoms with van der Waals surface area (Å²) in [4.78, 5) is 22.0. The highest BCUT2D eigenvalue weighted by Crippen LogP contribution is 2.36. The van der Waals surface area contributed by atoms with Crippen LogP contribution >= 0.6 is 22.7 Å². The lowest BCUT2D eigenvalue weighted by Gasteiger charge is -2.21. The number of thiophene rings is 1. The second-order valence-corrected chi connectivity index (χ2v) is 9.21. The maximum absolute atomic E-state index is 13.3. The molecule has 2 heterocycles. The van der Waals surface area contributed by atoms with Gasteiger partial charge in [-0.3, -0.25) is 4.79 Å². The molecule has 0 fully saturated rings. The van der Waals surface area contributed by atoms with E-state index in [1.807, 2.05) is 60.0 Å². The number of nitrogens with zero attached hydrogens (tertiary/aromatic N) is 3. The Bertz CT molecular complexity index is 1240. The molecule has 0 aliphatic heterocycles. The van der Waals surface area contributed by atoms with Crippen LogP contribution in [0.5, 0.6) is 0 Å². The third-order valence-electron chi connectivity index (χ3n) is 4.94. The van der Waals surface area contributed by atoms with Gasteiger partial charge in [-0.1, -0.05) is 54.6 Å². The third-order valence-corrected chi connectivity index (χ3v) is 6.92. The van der Waals surface area contributed by atoms with E-state index in [4.69, 9.17) is 10.2 Å². The van der Waals surface area contributed by atoms with E-state index in [2.05, 4.69) is 12.6 Å². The van der Waals surface area contributed by atoms with Crippen LogP contribution < -0.4 is 0 Å². The van der Waals surface area contributed by atoms with E-state index in [0.29, 0.717) is 18.7 Å². The Hall–Kier alpha value is -3.53. The highest BCUT2D eigenvalue weighted by molar-refractivity contribution is 7.17. The molecule has 0 N–H and O–H groups in total. The zero-order valence-corrected chi connectivity index (χ0v) is 19.0. The first-order chi connectivity index (χ1) is 15.7. The fourth-order valence-corrected chi connectivity index (χ4v) is 5.22. The number of amides is 1. The van der Waals surface area contributed by atoms with Crippen LogP contribution in [-0.4, -0.2) is 22.3 Å². The SMILES string of the molecule is C=CCN(Cc1ccc(C#N)cc1)C(=O)Cc1sc(-c2ccccc2)nc1-c1cccs1. The summed E-state index contributed by atoms with van der Waals surface area (Å²) in [7, 11) is 0. The summed E-state index contributed by atoms with van der Waals surface area (Å²) in [6.45, 7) is 4.74. The summed E-state index contributed by atoms with van der Waals surface area (Å²) in [6, 6.07) is 23.5. The van der Waals surface area contributed by atoms with Crippen molar-refractivity contribution in [3.05, 3.63) is 101 Å². The predicted octanol–water partition coefficient (Wildman–Crippen LogP) is 6.17. The molecule has 0 radical (unpaired) electrons. The first kappa shape index (κ1) is 21.7. The number of carbonyl (C=O) groups excluding carboxylic acids is 1. The van der Waals surface area contributed by atoms with Gasteiger partial charge in [0.15, 0.2) is 0 Å². The van der Waals surface area contributed by atoms with Crippen molar-refractivity contribution in [1.82, 2.24) is 9.88 Å². The molecule has 0 saturated carbocycles. The Labute approximate surface area is 195 Å². The molecule has 0 aliphatic rings. The van der Waals surface area contributed by atoms with Gasteiger partial charge in [0.2, 0.25) is 5.91 Å². The number of benzene rings is 2. The summed E-state index contributed by atoms with van der Waals surface area (Å²) in [6.07, 6.45) is 2.02. The molecule has 158 valence electrons. The summed E-state index contributed by atoms with van der Waals surface area (Å²) < 4.78 is 0. The highest BCUT2D eigenvalue weighted by atomic mass is 32.1. The average molecular weight is 456 g/mol. The molecule has 0 saturated heterocycles. The summed E-state index contributed by atoms with van der Waals surface area (Å²) in [5.41, 5.74) is 3.52. The highest BCUT2D eigenvalue weighted by Gasteiger charge is 2.21. The van der Waals surface area contributed by atoms with E-state index < -0.39 is 0 Å². The first-order valence-corrected chi connectivity index (χ1v) is 11.8. The molecule has 6 heteroatoms. The molecule has 0 unspecified atom stereocenters. The summed E-state index contributed by atoms with van der Waals surface area (Å²) in [5.74, 6) is 0.0235. The van der Waals surface area contributed by atoms with Gasteiger partial charge >= 0.3 is 0 Å². The predicted molar refractivity (Wildman–Crippen MR) is 131 cm³/mol. The number of carbonyl (C=O) groups is 1. The van der Waals surface area contributed by atoms with Gasteiger partial charge in [-0.25, -0.2) is 4.98 Å². The Morgan fingerprint density at radius 2 is 1.88 bits per heavy atom. The lowest BCUT2D eigenvalue weighted by molar-refractivity contribution is -0.130. The zero-order chi connectivity index (χ0) is 22.3. The summed E-state index contributed by atoms with van der Waals surface area (Å²) in [5, 5.41) is 11.9. The molecular formula is C26H21N3OS2. The smallest absolute Gasteiger partial charge is 0.228 e. The fraction of sp³-hybridized carbons (Fsp3) is 0.115. The van der Waals surface area contributed by atoms with Gasteiger partial charge in [-0.15, -0.1) is 29.3 Å². The van der Waals surface area contributed by atoms with Crippen LogP contribution in [-0.2, 0) is 17.8 Å². The lowest BCUT2D eigenvalue weighted by Crippen LogP contribution is -2.31. The topological polar surface area (TPSA) is 57.0 Å². The maximum Gasteiger partial charge on any atom is 0.228 e. The molecule has 4 nitrogen and oxygen atoms in total. The normalized spacial score (nSPS) is 10.5. The molecule has 0 spiro atoms. The molecule has 32 heavy (non-hydrogen) atoms. The Kier molecular flexibility index (Phi) is 6.90. The summed E-state index contributed by atoms with van der Waals surface area (Å²) >= 11 is 3.20. The van der Waals surface area contributed by atoms with E-state index >= 15 is 0 Å². The fourth-order valence-electron chi connectivity index (χ4n) is 3.35. The van der Waals surface area contributed by atoms with Crippen LogP contribution in [0, 0.1) is 11.3 Å². The molecule has 2 aromatic heterocycles. The average Bonchev–Trinajstić information content (AvgIpc) is 3.50. The molecular weight excluding hydrogens is 434 g/mol. The lowest BCUT2D eigenvalue weighted by atomic mass is 10.1. The number of rotatable bonds is 8. The van der Waals surface area contributed by atoms with Crippen molar-refractivity contribution < 1.29 is 4.79 Å². The van der Waals surface area contributed by atoms with E-state index in [1.54, 1.807) is 45.8 Å². The molecule has 4 rings (SSSR count). The number of hydrogen-bond acceptors (Lipinski definition) is 5. The monoisotopic (exact) mass is 455 g/mol. The van der Waals surface area contributed by atoms with Gasteiger partial charge < -0.3 is 4.90 Å². The molecule has 0 aliphatic carbocycles. The Morgan fingerprint density at radius 3 is 2.53 bits per heavy atom. The van der Waals surface area contributed by atoms with Gasteiger partial charge in [0.25, 0.3) is 0 Å². The van der Waals surface area contributed by atoms with Crippen molar-refractivity contribution in [2.24, 2.45) is 0 Å².